The van der Waals surface area contributed by atoms with Gasteiger partial charge in [-0.15, -0.1) is 0 Å². The van der Waals surface area contributed by atoms with E-state index < -0.39 is 47.8 Å². The van der Waals surface area contributed by atoms with E-state index in [1.165, 1.54) is 0 Å². The third-order valence-electron chi connectivity index (χ3n) is 1.93. The van der Waals surface area contributed by atoms with Crippen molar-refractivity contribution in [2.45, 2.75) is 25.6 Å². The Bertz CT molecular complexity index is 520. The second-order valence-electron chi connectivity index (χ2n) is 3.23. The number of hydrogen-bond donors (Lipinski definition) is 1. The van der Waals surface area contributed by atoms with E-state index in [1.54, 1.807) is 0 Å². The van der Waals surface area contributed by atoms with E-state index in [0.717, 1.165) is 0 Å². The highest BCUT2D eigenvalue weighted by Crippen LogP contribution is 2.21. The van der Waals surface area contributed by atoms with Crippen molar-refractivity contribution in [3.8, 4) is 0 Å². The Morgan fingerprint density at radius 1 is 1.29 bits per heavy atom. The quantitative estimate of drug-likeness (QED) is 0.673. The summed E-state index contributed by atoms with van der Waals surface area (Å²) in [5, 5.41) is -0.757. The Labute approximate surface area is 96.8 Å². The normalized spacial score (nSPS) is 11.8. The third kappa shape index (κ3) is 3.58. The zero-order valence-electron chi connectivity index (χ0n) is 8.27. The van der Waals surface area contributed by atoms with Gasteiger partial charge in [0.05, 0.1) is 0 Å². The molecule has 1 aromatic heterocycles. The molecule has 0 aliphatic rings. The van der Waals surface area contributed by atoms with Crippen molar-refractivity contribution in [1.82, 2.24) is 9.55 Å². The molecule has 0 aromatic carbocycles. The van der Waals surface area contributed by atoms with Crippen molar-refractivity contribution < 1.29 is 17.6 Å². The van der Waals surface area contributed by atoms with Crippen LogP contribution in [0.5, 0.6) is 0 Å². The van der Waals surface area contributed by atoms with Crippen LogP contribution in [0.4, 0.5) is 17.6 Å². The Kier molecular flexibility index (Phi) is 3.97. The summed E-state index contributed by atoms with van der Waals surface area (Å²) in [5.41, 5.74) is -2.37. The van der Waals surface area contributed by atoms with Gasteiger partial charge in [-0.25, -0.2) is 4.79 Å². The van der Waals surface area contributed by atoms with Crippen LogP contribution in [-0.4, -0.2) is 15.7 Å². The SMILES string of the molecule is O=c1[nH]c(Cl)c(F)c(=O)n1CCCC(F)(F)F. The zero-order valence-corrected chi connectivity index (χ0v) is 9.03. The smallest absolute Gasteiger partial charge is 0.295 e. The Hall–Kier alpha value is -1.31. The summed E-state index contributed by atoms with van der Waals surface area (Å²) in [6, 6.07) is 0. The number of H-pyrrole nitrogens is 1. The molecule has 96 valence electrons. The van der Waals surface area contributed by atoms with Gasteiger partial charge in [0.1, 0.15) is 0 Å². The molecule has 1 heterocycles. The lowest BCUT2D eigenvalue weighted by Gasteiger charge is -2.07. The molecule has 4 nitrogen and oxygen atoms in total. The summed E-state index contributed by atoms with van der Waals surface area (Å²) in [6.45, 7) is -0.526. The van der Waals surface area contributed by atoms with Gasteiger partial charge in [0.2, 0.25) is 5.82 Å². The Morgan fingerprint density at radius 2 is 1.88 bits per heavy atom. The van der Waals surface area contributed by atoms with Crippen LogP contribution in [0.3, 0.4) is 0 Å². The fourth-order valence-corrected chi connectivity index (χ4v) is 1.32. The van der Waals surface area contributed by atoms with E-state index >= 15 is 0 Å². The lowest BCUT2D eigenvalue weighted by Crippen LogP contribution is -2.37. The molecular weight excluding hydrogens is 268 g/mol. The predicted molar refractivity (Wildman–Crippen MR) is 51.6 cm³/mol. The summed E-state index contributed by atoms with van der Waals surface area (Å²) in [4.78, 5) is 24.1. The van der Waals surface area contributed by atoms with E-state index in [0.29, 0.717) is 4.57 Å². The lowest BCUT2D eigenvalue weighted by molar-refractivity contribution is -0.135. The van der Waals surface area contributed by atoms with Gasteiger partial charge < -0.3 is 0 Å². The first-order chi connectivity index (χ1) is 7.72. The van der Waals surface area contributed by atoms with Crippen LogP contribution >= 0.6 is 11.6 Å². The van der Waals surface area contributed by atoms with Crippen LogP contribution in [-0.2, 0) is 6.54 Å². The lowest BCUT2D eigenvalue weighted by atomic mass is 10.3. The summed E-state index contributed by atoms with van der Waals surface area (Å²) in [5.74, 6) is -1.39. The van der Waals surface area contributed by atoms with Crippen LogP contribution in [0.1, 0.15) is 12.8 Å². The highest BCUT2D eigenvalue weighted by atomic mass is 35.5. The number of aromatic nitrogens is 2. The van der Waals surface area contributed by atoms with Gasteiger partial charge in [-0.3, -0.25) is 14.3 Å². The standard InChI is InChI=1S/C8H7ClF4N2O2/c9-5-4(10)6(16)15(7(17)14-5)3-1-2-8(11,12)13/h1-3H2,(H,14,17). The van der Waals surface area contributed by atoms with Crippen LogP contribution in [0, 0.1) is 5.82 Å². The number of nitrogens with one attached hydrogen (secondary N) is 1. The molecule has 1 rings (SSSR count). The topological polar surface area (TPSA) is 54.9 Å². The Morgan fingerprint density at radius 3 is 2.41 bits per heavy atom. The molecule has 17 heavy (non-hydrogen) atoms. The number of hydrogen-bond acceptors (Lipinski definition) is 2. The number of nitrogens with zero attached hydrogens (tertiary/aromatic N) is 1. The minimum absolute atomic E-state index is 0.340. The predicted octanol–water partition coefficient (Wildman–Crippen LogP) is 1.67. The average molecular weight is 275 g/mol. The number of rotatable bonds is 3. The van der Waals surface area contributed by atoms with Crippen molar-refractivity contribution in [1.29, 1.82) is 0 Å². The van der Waals surface area contributed by atoms with Gasteiger partial charge in [-0.05, 0) is 6.42 Å². The number of halogens is 5. The molecule has 9 heteroatoms. The molecular formula is C8H7ClF4N2O2. The van der Waals surface area contributed by atoms with Crippen molar-refractivity contribution in [3.63, 3.8) is 0 Å². The van der Waals surface area contributed by atoms with Crippen molar-refractivity contribution in [2.24, 2.45) is 0 Å². The van der Waals surface area contributed by atoms with E-state index in [1.807, 2.05) is 4.98 Å². The third-order valence-corrected chi connectivity index (χ3v) is 2.19. The average Bonchev–Trinajstić information content (AvgIpc) is 2.18. The molecule has 0 fully saturated rings. The molecule has 0 aliphatic heterocycles. The van der Waals surface area contributed by atoms with Crippen LogP contribution in [0.15, 0.2) is 9.59 Å². The van der Waals surface area contributed by atoms with Crippen molar-refractivity contribution in [3.05, 3.63) is 31.8 Å². The van der Waals surface area contributed by atoms with Gasteiger partial charge in [0.25, 0.3) is 5.56 Å². The highest BCUT2D eigenvalue weighted by Gasteiger charge is 2.26. The molecule has 0 saturated carbocycles. The number of aromatic amines is 1. The Balaban J connectivity index is 2.90. The molecule has 1 N–H and O–H groups in total. The maximum absolute atomic E-state index is 13.0. The summed E-state index contributed by atoms with van der Waals surface area (Å²) in [6.07, 6.45) is -6.04. The molecule has 1 aromatic rings. The molecule has 0 amide bonds. The van der Waals surface area contributed by atoms with Crippen LogP contribution in [0.25, 0.3) is 0 Å². The van der Waals surface area contributed by atoms with Crippen molar-refractivity contribution in [2.75, 3.05) is 0 Å². The van der Waals surface area contributed by atoms with Gasteiger partial charge >= 0.3 is 11.9 Å². The minimum atomic E-state index is -4.39. The molecule has 0 spiro atoms. The first-order valence-corrected chi connectivity index (χ1v) is 4.85. The molecule has 0 saturated heterocycles. The van der Waals surface area contributed by atoms with E-state index in [9.17, 15) is 27.2 Å². The van der Waals surface area contributed by atoms with Gasteiger partial charge in [-0.2, -0.15) is 17.6 Å². The molecule has 0 atom stereocenters. The van der Waals surface area contributed by atoms with Crippen LogP contribution < -0.4 is 11.2 Å². The fourth-order valence-electron chi connectivity index (χ4n) is 1.16. The summed E-state index contributed by atoms with van der Waals surface area (Å²) < 4.78 is 48.8. The first-order valence-electron chi connectivity index (χ1n) is 4.47. The monoisotopic (exact) mass is 274 g/mol. The first kappa shape index (κ1) is 13.8. The van der Waals surface area contributed by atoms with Crippen LogP contribution in [0.2, 0.25) is 5.15 Å². The summed E-state index contributed by atoms with van der Waals surface area (Å²) in [7, 11) is 0. The van der Waals surface area contributed by atoms with E-state index in [2.05, 4.69) is 0 Å². The van der Waals surface area contributed by atoms with Crippen molar-refractivity contribution >= 4 is 11.6 Å². The molecule has 0 unspecified atom stereocenters. The second kappa shape index (κ2) is 4.91. The van der Waals surface area contributed by atoms with Gasteiger partial charge in [0, 0.05) is 13.0 Å². The van der Waals surface area contributed by atoms with E-state index in [-0.39, 0.29) is 0 Å². The zero-order chi connectivity index (χ0) is 13.2. The highest BCUT2D eigenvalue weighted by molar-refractivity contribution is 6.29. The minimum Gasteiger partial charge on any atom is -0.295 e. The largest absolute Gasteiger partial charge is 0.389 e. The molecule has 0 aliphatic carbocycles. The maximum atomic E-state index is 13.0. The number of alkyl halides is 3. The summed E-state index contributed by atoms with van der Waals surface area (Å²) >= 11 is 5.17. The molecule has 0 bridgehead atoms. The fraction of sp³-hybridized carbons (Fsp3) is 0.500. The van der Waals surface area contributed by atoms with E-state index in [4.69, 9.17) is 11.6 Å². The van der Waals surface area contributed by atoms with Gasteiger partial charge in [-0.1, -0.05) is 11.6 Å². The maximum Gasteiger partial charge on any atom is 0.389 e. The molecule has 0 radical (unpaired) electrons. The second-order valence-corrected chi connectivity index (χ2v) is 3.61. The van der Waals surface area contributed by atoms with Gasteiger partial charge in [0.15, 0.2) is 5.15 Å².